The number of rotatable bonds is 3. The zero-order chi connectivity index (χ0) is 11.6. The highest BCUT2D eigenvalue weighted by Crippen LogP contribution is 2.21. The van der Waals surface area contributed by atoms with Crippen LogP contribution in [0.5, 0.6) is 0 Å². The summed E-state index contributed by atoms with van der Waals surface area (Å²) >= 11 is 5.72. The van der Waals surface area contributed by atoms with Crippen molar-refractivity contribution in [3.8, 4) is 0 Å². The van der Waals surface area contributed by atoms with Crippen LogP contribution in [0.15, 0.2) is 6.20 Å². The molecule has 15 heavy (non-hydrogen) atoms. The standard InChI is InChI=1S/C10H16ClN3O/c1-7-8(5-14(4)13-7)12-9(15)10(2,3)6-11/h5H,6H2,1-4H3,(H,12,15). The number of hydrogen-bond donors (Lipinski definition) is 1. The van der Waals surface area contributed by atoms with Gasteiger partial charge in [0.15, 0.2) is 0 Å². The van der Waals surface area contributed by atoms with E-state index in [2.05, 4.69) is 10.4 Å². The molecule has 1 amide bonds. The van der Waals surface area contributed by atoms with Gasteiger partial charge in [-0.1, -0.05) is 0 Å². The number of nitrogens with one attached hydrogen (secondary N) is 1. The molecule has 84 valence electrons. The van der Waals surface area contributed by atoms with Crippen LogP contribution < -0.4 is 5.32 Å². The van der Waals surface area contributed by atoms with Crippen LogP contribution in [0.2, 0.25) is 0 Å². The van der Waals surface area contributed by atoms with Crippen molar-refractivity contribution >= 4 is 23.2 Å². The van der Waals surface area contributed by atoms with Gasteiger partial charge >= 0.3 is 0 Å². The molecule has 5 heteroatoms. The van der Waals surface area contributed by atoms with Crippen LogP contribution in [0, 0.1) is 12.3 Å². The first-order valence-corrected chi connectivity index (χ1v) is 5.28. The predicted octanol–water partition coefficient (Wildman–Crippen LogP) is 1.93. The van der Waals surface area contributed by atoms with Crippen LogP contribution in [0.1, 0.15) is 19.5 Å². The third-order valence-electron chi connectivity index (χ3n) is 2.21. The molecule has 1 aromatic heterocycles. The third kappa shape index (κ3) is 2.72. The summed E-state index contributed by atoms with van der Waals surface area (Å²) in [5.74, 6) is 0.201. The van der Waals surface area contributed by atoms with Crippen molar-refractivity contribution in [2.24, 2.45) is 12.5 Å². The summed E-state index contributed by atoms with van der Waals surface area (Å²) in [7, 11) is 1.81. The van der Waals surface area contributed by atoms with Crippen molar-refractivity contribution < 1.29 is 4.79 Å². The summed E-state index contributed by atoms with van der Waals surface area (Å²) < 4.78 is 1.67. The molecule has 0 atom stereocenters. The Labute approximate surface area is 94.6 Å². The number of carbonyl (C=O) groups is 1. The molecule has 1 N–H and O–H groups in total. The summed E-state index contributed by atoms with van der Waals surface area (Å²) in [6, 6.07) is 0. The van der Waals surface area contributed by atoms with Gasteiger partial charge in [-0.2, -0.15) is 5.10 Å². The maximum absolute atomic E-state index is 11.8. The smallest absolute Gasteiger partial charge is 0.231 e. The van der Waals surface area contributed by atoms with Crippen LogP contribution in [0.25, 0.3) is 0 Å². The lowest BCUT2D eigenvalue weighted by Crippen LogP contribution is -2.32. The molecule has 0 spiro atoms. The number of anilines is 1. The van der Waals surface area contributed by atoms with Gasteiger partial charge < -0.3 is 5.32 Å². The lowest BCUT2D eigenvalue weighted by molar-refractivity contribution is -0.122. The van der Waals surface area contributed by atoms with Crippen LogP contribution in [0.3, 0.4) is 0 Å². The Morgan fingerprint density at radius 2 is 2.27 bits per heavy atom. The Kier molecular flexibility index (Phi) is 3.39. The van der Waals surface area contributed by atoms with Gasteiger partial charge in [-0.25, -0.2) is 0 Å². The molecule has 0 bridgehead atoms. The number of nitrogens with zero attached hydrogens (tertiary/aromatic N) is 2. The van der Waals surface area contributed by atoms with E-state index in [-0.39, 0.29) is 11.8 Å². The molecule has 0 radical (unpaired) electrons. The fourth-order valence-electron chi connectivity index (χ4n) is 1.07. The topological polar surface area (TPSA) is 46.9 Å². The fourth-order valence-corrected chi connectivity index (χ4v) is 1.20. The molecule has 0 aliphatic carbocycles. The average molecular weight is 230 g/mol. The normalized spacial score (nSPS) is 11.5. The number of aromatic nitrogens is 2. The minimum Gasteiger partial charge on any atom is -0.323 e. The molecule has 1 aromatic rings. The van der Waals surface area contributed by atoms with Crippen molar-refractivity contribution in [3.05, 3.63) is 11.9 Å². The highest BCUT2D eigenvalue weighted by molar-refractivity contribution is 6.20. The maximum atomic E-state index is 11.8. The van der Waals surface area contributed by atoms with Crippen LogP contribution in [-0.2, 0) is 11.8 Å². The van der Waals surface area contributed by atoms with E-state index < -0.39 is 5.41 Å². The van der Waals surface area contributed by atoms with E-state index in [1.165, 1.54) is 0 Å². The Hall–Kier alpha value is -1.03. The first-order chi connectivity index (χ1) is 6.86. The molecule has 0 saturated carbocycles. The first-order valence-electron chi connectivity index (χ1n) is 4.74. The van der Waals surface area contributed by atoms with Gasteiger partial charge in [0.1, 0.15) is 0 Å². The van der Waals surface area contributed by atoms with Gasteiger partial charge in [0.2, 0.25) is 5.91 Å². The van der Waals surface area contributed by atoms with Gasteiger partial charge in [0.25, 0.3) is 0 Å². The van der Waals surface area contributed by atoms with Gasteiger partial charge in [-0.3, -0.25) is 9.48 Å². The largest absolute Gasteiger partial charge is 0.323 e. The van der Waals surface area contributed by atoms with E-state index in [0.717, 1.165) is 11.4 Å². The molecule has 0 aliphatic heterocycles. The Morgan fingerprint density at radius 3 is 2.67 bits per heavy atom. The number of halogens is 1. The van der Waals surface area contributed by atoms with Crippen LogP contribution >= 0.6 is 11.6 Å². The maximum Gasteiger partial charge on any atom is 0.231 e. The lowest BCUT2D eigenvalue weighted by atomic mass is 9.95. The van der Waals surface area contributed by atoms with E-state index in [0.29, 0.717) is 0 Å². The highest BCUT2D eigenvalue weighted by atomic mass is 35.5. The monoisotopic (exact) mass is 229 g/mol. The number of alkyl halides is 1. The van der Waals surface area contributed by atoms with Gasteiger partial charge in [0.05, 0.1) is 16.8 Å². The second-order valence-corrected chi connectivity index (χ2v) is 4.54. The number of hydrogen-bond acceptors (Lipinski definition) is 2. The second-order valence-electron chi connectivity index (χ2n) is 4.27. The van der Waals surface area contributed by atoms with Crippen molar-refractivity contribution in [1.82, 2.24) is 9.78 Å². The van der Waals surface area contributed by atoms with Gasteiger partial charge in [-0.05, 0) is 20.8 Å². The fraction of sp³-hybridized carbons (Fsp3) is 0.600. The third-order valence-corrected chi connectivity index (χ3v) is 2.88. The highest BCUT2D eigenvalue weighted by Gasteiger charge is 2.27. The number of aryl methyl sites for hydroxylation is 2. The van der Waals surface area contributed by atoms with E-state index in [4.69, 9.17) is 11.6 Å². The summed E-state index contributed by atoms with van der Waals surface area (Å²) in [5, 5.41) is 6.96. The van der Waals surface area contributed by atoms with E-state index in [9.17, 15) is 4.79 Å². The molecular formula is C10H16ClN3O. The molecule has 0 saturated heterocycles. The Morgan fingerprint density at radius 1 is 1.67 bits per heavy atom. The molecule has 0 aromatic carbocycles. The van der Waals surface area contributed by atoms with Crippen molar-refractivity contribution in [2.45, 2.75) is 20.8 Å². The van der Waals surface area contributed by atoms with E-state index >= 15 is 0 Å². The van der Waals surface area contributed by atoms with Crippen molar-refractivity contribution in [1.29, 1.82) is 0 Å². The molecule has 1 rings (SSSR count). The van der Waals surface area contributed by atoms with E-state index in [1.807, 2.05) is 14.0 Å². The average Bonchev–Trinajstić information content (AvgIpc) is 2.45. The zero-order valence-electron chi connectivity index (χ0n) is 9.47. The summed E-state index contributed by atoms with van der Waals surface area (Å²) in [6.07, 6.45) is 1.78. The number of carbonyl (C=O) groups excluding carboxylic acids is 1. The second kappa shape index (κ2) is 4.23. The van der Waals surface area contributed by atoms with Crippen molar-refractivity contribution in [3.63, 3.8) is 0 Å². The number of amides is 1. The molecule has 4 nitrogen and oxygen atoms in total. The predicted molar refractivity (Wildman–Crippen MR) is 61.1 cm³/mol. The minimum absolute atomic E-state index is 0.0893. The molecular weight excluding hydrogens is 214 g/mol. The quantitative estimate of drug-likeness (QED) is 0.806. The van der Waals surface area contributed by atoms with Gasteiger partial charge in [-0.15, -0.1) is 11.6 Å². The first kappa shape index (κ1) is 12.0. The SMILES string of the molecule is Cc1nn(C)cc1NC(=O)C(C)(C)CCl. The summed E-state index contributed by atoms with van der Waals surface area (Å²) in [4.78, 5) is 11.8. The molecule has 0 aliphatic rings. The lowest BCUT2D eigenvalue weighted by Gasteiger charge is -2.19. The molecule has 0 fully saturated rings. The summed E-state index contributed by atoms with van der Waals surface area (Å²) in [5.41, 5.74) is 0.973. The molecule has 0 unspecified atom stereocenters. The minimum atomic E-state index is -0.566. The van der Waals surface area contributed by atoms with Gasteiger partial charge in [0, 0.05) is 19.1 Å². The Balaban J connectivity index is 2.79. The van der Waals surface area contributed by atoms with E-state index in [1.54, 1.807) is 24.7 Å². The molecule has 1 heterocycles. The Bertz CT molecular complexity index is 371. The van der Waals surface area contributed by atoms with Crippen molar-refractivity contribution in [2.75, 3.05) is 11.2 Å². The zero-order valence-corrected chi connectivity index (χ0v) is 10.2. The van der Waals surface area contributed by atoms with Crippen LogP contribution in [0.4, 0.5) is 5.69 Å². The summed E-state index contributed by atoms with van der Waals surface area (Å²) in [6.45, 7) is 5.46. The van der Waals surface area contributed by atoms with Crippen LogP contribution in [-0.4, -0.2) is 21.6 Å².